The van der Waals surface area contributed by atoms with Crippen molar-refractivity contribution in [2.75, 3.05) is 19.0 Å². The molecule has 0 amide bonds. The molecule has 2 N–H and O–H groups in total. The van der Waals surface area contributed by atoms with E-state index in [1.54, 1.807) is 0 Å². The van der Waals surface area contributed by atoms with Gasteiger partial charge in [0.15, 0.2) is 0 Å². The second kappa shape index (κ2) is 6.70. The highest BCUT2D eigenvalue weighted by atomic mass is 15.5. The van der Waals surface area contributed by atoms with Gasteiger partial charge >= 0.3 is 0 Å². The van der Waals surface area contributed by atoms with Crippen LogP contribution >= 0.6 is 0 Å². The minimum atomic E-state index is -0.278. The van der Waals surface area contributed by atoms with E-state index in [4.69, 9.17) is 0 Å². The van der Waals surface area contributed by atoms with E-state index in [0.717, 1.165) is 23.4 Å². The number of nitrogens with one attached hydrogen (secondary N) is 2. The third-order valence-corrected chi connectivity index (χ3v) is 5.62. The van der Waals surface area contributed by atoms with Gasteiger partial charge in [0.2, 0.25) is 5.82 Å². The van der Waals surface area contributed by atoms with E-state index in [1.807, 2.05) is 0 Å². The molecule has 0 fully saturated rings. The van der Waals surface area contributed by atoms with Gasteiger partial charge in [-0.3, -0.25) is 5.10 Å². The molecule has 0 saturated heterocycles. The number of rotatable bonds is 4. The van der Waals surface area contributed by atoms with Crippen molar-refractivity contribution in [3.63, 3.8) is 0 Å². The van der Waals surface area contributed by atoms with Crippen molar-refractivity contribution >= 4 is 11.8 Å². The minimum absolute atomic E-state index is 0.278. The highest BCUT2D eigenvalue weighted by Crippen LogP contribution is 2.42. The molecule has 0 radical (unpaired) electrons. The summed E-state index contributed by atoms with van der Waals surface area (Å²) in [6.45, 7) is 0. The first kappa shape index (κ1) is 17.4. The molecule has 29 heavy (non-hydrogen) atoms. The van der Waals surface area contributed by atoms with Crippen LogP contribution in [-0.2, 0) is 11.8 Å². The standard InChI is InChI=1S/C22H21N7/c1-29(2)17-10-8-16(9-11-17)22(15-6-4-3-5-7-15)13-12-18-19(14-22)23-24-20(18)21-25-27-28-26-21/h3-13H,14H2,1-2H3,(H,23,24)(H,25,26,27,28). The zero-order valence-corrected chi connectivity index (χ0v) is 16.3. The van der Waals surface area contributed by atoms with Crippen LogP contribution in [0.15, 0.2) is 60.7 Å². The molecule has 2 aromatic heterocycles. The quantitative estimate of drug-likeness (QED) is 0.565. The number of hydrogen-bond acceptors (Lipinski definition) is 5. The fourth-order valence-electron chi connectivity index (χ4n) is 4.05. The Kier molecular flexibility index (Phi) is 4.01. The van der Waals surface area contributed by atoms with E-state index in [0.29, 0.717) is 5.82 Å². The lowest BCUT2D eigenvalue weighted by Crippen LogP contribution is -2.30. The number of nitrogens with zero attached hydrogens (tertiary/aromatic N) is 5. The van der Waals surface area contributed by atoms with Crippen LogP contribution in [-0.4, -0.2) is 44.9 Å². The molecule has 1 aliphatic rings. The summed E-state index contributed by atoms with van der Waals surface area (Å²) < 4.78 is 0. The summed E-state index contributed by atoms with van der Waals surface area (Å²) in [4.78, 5) is 2.11. The zero-order chi connectivity index (χ0) is 19.8. The Morgan fingerprint density at radius 1 is 0.931 bits per heavy atom. The molecule has 2 aromatic carbocycles. The van der Waals surface area contributed by atoms with Gasteiger partial charge in [0.1, 0.15) is 5.69 Å². The van der Waals surface area contributed by atoms with Crippen LogP contribution in [0.25, 0.3) is 17.6 Å². The van der Waals surface area contributed by atoms with Crippen molar-refractivity contribution in [1.82, 2.24) is 30.8 Å². The number of benzene rings is 2. The van der Waals surface area contributed by atoms with Gasteiger partial charge in [-0.2, -0.15) is 10.3 Å². The molecule has 0 spiro atoms. The summed E-state index contributed by atoms with van der Waals surface area (Å²) in [6, 6.07) is 19.4. The van der Waals surface area contributed by atoms with Gasteiger partial charge in [0, 0.05) is 42.9 Å². The fourth-order valence-corrected chi connectivity index (χ4v) is 4.05. The van der Waals surface area contributed by atoms with Crippen LogP contribution in [0.2, 0.25) is 0 Å². The summed E-state index contributed by atoms with van der Waals surface area (Å²) >= 11 is 0. The predicted molar refractivity (Wildman–Crippen MR) is 112 cm³/mol. The molecule has 2 heterocycles. The van der Waals surface area contributed by atoms with Crippen LogP contribution in [0.4, 0.5) is 5.69 Å². The minimum Gasteiger partial charge on any atom is -0.378 e. The van der Waals surface area contributed by atoms with E-state index >= 15 is 0 Å². The average molecular weight is 383 g/mol. The fraction of sp³-hybridized carbons (Fsp3) is 0.182. The van der Waals surface area contributed by atoms with Crippen LogP contribution in [0, 0.1) is 0 Å². The van der Waals surface area contributed by atoms with Crippen LogP contribution in [0.3, 0.4) is 0 Å². The first-order chi connectivity index (χ1) is 14.2. The van der Waals surface area contributed by atoms with Crippen molar-refractivity contribution in [2.24, 2.45) is 0 Å². The third kappa shape index (κ3) is 2.82. The van der Waals surface area contributed by atoms with Gasteiger partial charge in [0.05, 0.1) is 0 Å². The van der Waals surface area contributed by atoms with Crippen molar-refractivity contribution in [1.29, 1.82) is 0 Å². The monoisotopic (exact) mass is 383 g/mol. The maximum atomic E-state index is 4.46. The highest BCUT2D eigenvalue weighted by Gasteiger charge is 2.37. The number of fused-ring (bicyclic) bond motifs is 1. The molecule has 7 heteroatoms. The molecule has 7 nitrogen and oxygen atoms in total. The van der Waals surface area contributed by atoms with Gasteiger partial charge in [-0.25, -0.2) is 0 Å². The van der Waals surface area contributed by atoms with Crippen LogP contribution in [0.5, 0.6) is 0 Å². The Balaban J connectivity index is 1.63. The lowest BCUT2D eigenvalue weighted by atomic mass is 9.68. The summed E-state index contributed by atoms with van der Waals surface area (Å²) in [5.74, 6) is 0.495. The molecule has 144 valence electrons. The van der Waals surface area contributed by atoms with E-state index in [1.165, 1.54) is 16.8 Å². The van der Waals surface area contributed by atoms with E-state index in [2.05, 4.69) is 117 Å². The maximum Gasteiger partial charge on any atom is 0.225 e. The normalized spacial score (nSPS) is 17.9. The van der Waals surface area contributed by atoms with E-state index in [9.17, 15) is 0 Å². The maximum absolute atomic E-state index is 4.46. The number of allylic oxidation sites excluding steroid dienone is 1. The molecule has 5 rings (SSSR count). The van der Waals surface area contributed by atoms with Crippen molar-refractivity contribution < 1.29 is 0 Å². The first-order valence-corrected chi connectivity index (χ1v) is 9.51. The van der Waals surface area contributed by atoms with Crippen molar-refractivity contribution in [2.45, 2.75) is 11.8 Å². The Labute approximate surface area is 168 Å². The topological polar surface area (TPSA) is 86.4 Å². The molecular weight excluding hydrogens is 362 g/mol. The van der Waals surface area contributed by atoms with Crippen molar-refractivity contribution in [3.8, 4) is 11.5 Å². The van der Waals surface area contributed by atoms with Crippen molar-refractivity contribution in [3.05, 3.63) is 83.1 Å². The lowest BCUT2D eigenvalue weighted by Gasteiger charge is -2.34. The zero-order valence-electron chi connectivity index (χ0n) is 16.3. The smallest absolute Gasteiger partial charge is 0.225 e. The Morgan fingerprint density at radius 2 is 1.69 bits per heavy atom. The lowest BCUT2D eigenvalue weighted by molar-refractivity contribution is 0.620. The Hall–Kier alpha value is -3.74. The van der Waals surface area contributed by atoms with E-state index in [-0.39, 0.29) is 5.41 Å². The Bertz CT molecular complexity index is 1140. The number of aromatic nitrogens is 6. The van der Waals surface area contributed by atoms with Gasteiger partial charge in [-0.15, -0.1) is 10.2 Å². The first-order valence-electron chi connectivity index (χ1n) is 9.51. The summed E-state index contributed by atoms with van der Waals surface area (Å²) in [6.07, 6.45) is 5.17. The predicted octanol–water partition coefficient (Wildman–Crippen LogP) is 3.21. The molecule has 1 aliphatic carbocycles. The number of tetrazole rings is 1. The average Bonchev–Trinajstić information content (AvgIpc) is 3.43. The number of anilines is 1. The molecule has 1 atom stereocenters. The number of H-pyrrole nitrogens is 2. The third-order valence-electron chi connectivity index (χ3n) is 5.62. The van der Waals surface area contributed by atoms with Gasteiger partial charge in [0.25, 0.3) is 0 Å². The second-order valence-corrected chi connectivity index (χ2v) is 7.49. The summed E-state index contributed by atoms with van der Waals surface area (Å²) in [5.41, 5.74) is 6.19. The van der Waals surface area contributed by atoms with Crippen LogP contribution in [0.1, 0.15) is 22.4 Å². The van der Waals surface area contributed by atoms with Gasteiger partial charge in [-0.1, -0.05) is 54.6 Å². The summed E-state index contributed by atoms with van der Waals surface area (Å²) in [7, 11) is 4.11. The number of aromatic amines is 2. The molecule has 1 unspecified atom stereocenters. The summed E-state index contributed by atoms with van der Waals surface area (Å²) in [5, 5.41) is 22.0. The van der Waals surface area contributed by atoms with Gasteiger partial charge in [-0.05, 0) is 28.5 Å². The number of hydrogen-bond donors (Lipinski definition) is 2. The van der Waals surface area contributed by atoms with Crippen LogP contribution < -0.4 is 4.90 Å². The van der Waals surface area contributed by atoms with E-state index < -0.39 is 0 Å². The molecule has 0 bridgehead atoms. The van der Waals surface area contributed by atoms with Gasteiger partial charge < -0.3 is 4.90 Å². The highest BCUT2D eigenvalue weighted by molar-refractivity contribution is 5.73. The molecule has 0 saturated carbocycles. The SMILES string of the molecule is CN(C)c1ccc(C2(c3ccccc3)C=Cc3c(-c4nn[nH]n4)n[nH]c3C2)cc1. The molecular formula is C22H21N7. The Morgan fingerprint density at radius 3 is 2.38 bits per heavy atom. The largest absolute Gasteiger partial charge is 0.378 e. The molecule has 4 aromatic rings. The second-order valence-electron chi connectivity index (χ2n) is 7.49. The molecule has 0 aliphatic heterocycles.